The van der Waals surface area contributed by atoms with E-state index in [0.717, 1.165) is 10.9 Å². The highest BCUT2D eigenvalue weighted by Gasteiger charge is 2.34. The molecular weight excluding hydrogens is 300 g/mol. The minimum atomic E-state index is -0.190. The molecule has 0 aromatic heterocycles. The van der Waals surface area contributed by atoms with Gasteiger partial charge in [-0.2, -0.15) is 0 Å². The summed E-state index contributed by atoms with van der Waals surface area (Å²) in [6.07, 6.45) is 0. The van der Waals surface area contributed by atoms with Crippen LogP contribution in [-0.4, -0.2) is 0 Å². The Morgan fingerprint density at radius 2 is 1.28 bits per heavy atom. The molecule has 0 nitrogen and oxygen atoms in total. The molecule has 4 aromatic carbocycles. The van der Waals surface area contributed by atoms with E-state index < -0.39 is 0 Å². The van der Waals surface area contributed by atoms with Crippen LogP contribution in [0.15, 0.2) is 60.6 Å². The Hall–Kier alpha value is -2.60. The van der Waals surface area contributed by atoms with E-state index in [2.05, 4.69) is 51.1 Å². The summed E-state index contributed by atoms with van der Waals surface area (Å²) in [6.45, 7) is 8.22. The second-order valence-corrected chi connectivity index (χ2v) is 7.72. The van der Waals surface area contributed by atoms with Crippen LogP contribution in [0, 0.1) is 13.8 Å². The Morgan fingerprint density at radius 1 is 0.680 bits per heavy atom. The van der Waals surface area contributed by atoms with Crippen molar-refractivity contribution in [2.24, 2.45) is 0 Å². The van der Waals surface area contributed by atoms with E-state index in [4.69, 9.17) is 5.48 Å². The molecule has 1 aliphatic carbocycles. The van der Waals surface area contributed by atoms with Crippen LogP contribution in [0.4, 0.5) is 0 Å². The van der Waals surface area contributed by atoms with Gasteiger partial charge in [0, 0.05) is 5.41 Å². The summed E-state index contributed by atoms with van der Waals surface area (Å²) in [5.41, 5.74) is 5.07. The Morgan fingerprint density at radius 3 is 1.96 bits per heavy atom. The molecule has 0 saturated heterocycles. The Balaban J connectivity index is 1.91. The van der Waals surface area contributed by atoms with E-state index >= 15 is 0 Å². The smallest absolute Gasteiger partial charge is 0.0587 e. The lowest BCUT2D eigenvalue weighted by atomic mass is 9.80. The third kappa shape index (κ3) is 1.94. The average Bonchev–Trinajstić information content (AvgIpc) is 2.91. The summed E-state index contributed by atoms with van der Waals surface area (Å²) in [4.78, 5) is 0. The van der Waals surface area contributed by atoms with Gasteiger partial charge in [0.1, 0.15) is 0 Å². The van der Waals surface area contributed by atoms with Crippen LogP contribution in [0.5, 0.6) is 0 Å². The molecule has 0 radical (unpaired) electrons. The number of hydrogen-bond acceptors (Lipinski definition) is 0. The lowest BCUT2D eigenvalue weighted by Crippen LogP contribution is -2.15. The van der Waals surface area contributed by atoms with Gasteiger partial charge in [-0.3, -0.25) is 0 Å². The third-order valence-electron chi connectivity index (χ3n) is 5.56. The van der Waals surface area contributed by atoms with Crippen molar-refractivity contribution >= 4 is 21.5 Å². The van der Waals surface area contributed by atoms with E-state index in [1.54, 1.807) is 6.92 Å². The first-order valence-electron chi connectivity index (χ1n) is 10.7. The molecule has 1 aliphatic rings. The van der Waals surface area contributed by atoms with E-state index in [0.29, 0.717) is 11.1 Å². The van der Waals surface area contributed by atoms with Crippen LogP contribution in [0.2, 0.25) is 0 Å². The summed E-state index contributed by atoms with van der Waals surface area (Å²) in [6, 6.07) is 13.0. The number of rotatable bonds is 1. The van der Waals surface area contributed by atoms with Crippen molar-refractivity contribution in [1.82, 2.24) is 0 Å². The predicted octanol–water partition coefficient (Wildman–Crippen LogP) is 6.92. The van der Waals surface area contributed by atoms with Crippen LogP contribution < -0.4 is 0 Å². The minimum absolute atomic E-state index is 0.0280. The van der Waals surface area contributed by atoms with E-state index in [1.165, 1.54) is 32.8 Å². The highest BCUT2D eigenvalue weighted by atomic mass is 14.4. The van der Waals surface area contributed by atoms with Gasteiger partial charge in [0.05, 0.1) is 5.48 Å². The summed E-state index contributed by atoms with van der Waals surface area (Å²) in [7, 11) is 0. The van der Waals surface area contributed by atoms with E-state index in [1.807, 2.05) is 6.07 Å². The number of hydrogen-bond donors (Lipinski definition) is 0. The fraction of sp³-hybridized carbons (Fsp3) is 0.200. The largest absolute Gasteiger partial charge is 0.0629 e. The highest BCUT2D eigenvalue weighted by molar-refractivity contribution is 6.15. The van der Waals surface area contributed by atoms with Crippen LogP contribution in [0.25, 0.3) is 32.7 Å². The zero-order valence-corrected chi connectivity index (χ0v) is 15.0. The predicted molar refractivity (Wildman–Crippen MR) is 108 cm³/mol. The summed E-state index contributed by atoms with van der Waals surface area (Å²) >= 11 is 0. The van der Waals surface area contributed by atoms with Crippen molar-refractivity contribution in [2.45, 2.75) is 33.1 Å². The topological polar surface area (TPSA) is 0 Å². The second kappa shape index (κ2) is 4.73. The minimum Gasteiger partial charge on any atom is -0.0587 e. The first-order chi connectivity index (χ1) is 13.6. The van der Waals surface area contributed by atoms with Crippen LogP contribution >= 0.6 is 0 Å². The maximum atomic E-state index is 8.49. The average molecular weight is 326 g/mol. The molecule has 5 rings (SSSR count). The lowest BCUT2D eigenvalue weighted by Gasteiger charge is -2.23. The fourth-order valence-electron chi connectivity index (χ4n) is 4.27. The molecule has 0 heteroatoms. The van der Waals surface area contributed by atoms with Crippen molar-refractivity contribution < 1.29 is 5.48 Å². The van der Waals surface area contributed by atoms with Crippen molar-refractivity contribution in [3.05, 3.63) is 82.8 Å². The number of aryl methyl sites for hydroxylation is 1. The third-order valence-corrected chi connectivity index (χ3v) is 5.56. The van der Waals surface area contributed by atoms with Crippen LogP contribution in [0.1, 0.15) is 41.6 Å². The summed E-state index contributed by atoms with van der Waals surface area (Å²) in [5, 5.41) is 4.86. The maximum Gasteiger partial charge on any atom is 0.0629 e. The molecule has 0 bridgehead atoms. The van der Waals surface area contributed by atoms with Gasteiger partial charge in [0.2, 0.25) is 0 Å². The molecule has 0 atom stereocenters. The van der Waals surface area contributed by atoms with E-state index in [-0.39, 0.29) is 29.6 Å². The normalized spacial score (nSPS) is 17.0. The zero-order valence-electron chi connectivity index (χ0n) is 19.0. The first kappa shape index (κ1) is 11.1. The molecule has 0 spiro atoms. The van der Waals surface area contributed by atoms with E-state index in [9.17, 15) is 0 Å². The SMILES string of the molecule is [2H]c1c([2H])c(-c2cc3c4c(ccc5cc(C)cc(c54)C3(C)C)c2)c([2H])c([2H])c1C. The highest BCUT2D eigenvalue weighted by Crippen LogP contribution is 2.50. The van der Waals surface area contributed by atoms with Gasteiger partial charge >= 0.3 is 0 Å². The summed E-state index contributed by atoms with van der Waals surface area (Å²) < 4.78 is 33.5. The van der Waals surface area contributed by atoms with Crippen LogP contribution in [-0.2, 0) is 5.41 Å². The molecule has 0 aliphatic heterocycles. The second-order valence-electron chi connectivity index (χ2n) is 7.72. The Bertz CT molecular complexity index is 1350. The van der Waals surface area contributed by atoms with Gasteiger partial charge in [0.15, 0.2) is 0 Å². The standard InChI is InChI=1S/C25H22/c1-15-5-7-17(8-6-15)20-13-19-10-9-18-11-16(2)12-21-23(18)24(19)22(14-20)25(21,3)4/h5-14H,1-4H3/i5D,6D,7D,8D. The maximum absolute atomic E-state index is 8.49. The van der Waals surface area contributed by atoms with Crippen LogP contribution in [0.3, 0.4) is 0 Å². The lowest BCUT2D eigenvalue weighted by molar-refractivity contribution is 0.662. The van der Waals surface area contributed by atoms with Gasteiger partial charge < -0.3 is 0 Å². The quantitative estimate of drug-likeness (QED) is 0.333. The molecule has 122 valence electrons. The Kier molecular flexibility index (Phi) is 2.10. The molecule has 25 heavy (non-hydrogen) atoms. The van der Waals surface area contributed by atoms with Gasteiger partial charge in [-0.15, -0.1) is 0 Å². The Labute approximate surface area is 154 Å². The van der Waals surface area contributed by atoms with Crippen molar-refractivity contribution in [1.29, 1.82) is 0 Å². The van der Waals surface area contributed by atoms with Crippen molar-refractivity contribution in [3.63, 3.8) is 0 Å². The monoisotopic (exact) mass is 326 g/mol. The fourth-order valence-corrected chi connectivity index (χ4v) is 4.27. The summed E-state index contributed by atoms with van der Waals surface area (Å²) in [5.74, 6) is 0. The van der Waals surface area contributed by atoms with Gasteiger partial charge in [0.25, 0.3) is 0 Å². The molecule has 0 saturated carbocycles. The number of benzene rings is 4. The molecule has 0 unspecified atom stereocenters. The molecular formula is C25H22. The first-order valence-corrected chi connectivity index (χ1v) is 8.72. The van der Waals surface area contributed by atoms with Gasteiger partial charge in [-0.25, -0.2) is 0 Å². The molecule has 4 aromatic rings. The molecule has 0 amide bonds. The van der Waals surface area contributed by atoms with Crippen molar-refractivity contribution in [3.8, 4) is 11.1 Å². The molecule has 0 heterocycles. The van der Waals surface area contributed by atoms with Crippen molar-refractivity contribution in [2.75, 3.05) is 0 Å². The van der Waals surface area contributed by atoms with Gasteiger partial charge in [-0.1, -0.05) is 73.4 Å². The zero-order chi connectivity index (χ0) is 20.8. The van der Waals surface area contributed by atoms with Gasteiger partial charge in [-0.05, 0) is 69.8 Å². The molecule has 0 fully saturated rings. The molecule has 0 N–H and O–H groups in total.